The van der Waals surface area contributed by atoms with Crippen LogP contribution in [0.1, 0.15) is 19.4 Å². The van der Waals surface area contributed by atoms with E-state index in [2.05, 4.69) is 15.9 Å². The topological polar surface area (TPSA) is 77.8 Å². The third-order valence-electron chi connectivity index (χ3n) is 2.48. The molecule has 0 aliphatic rings. The highest BCUT2D eigenvalue weighted by atomic mass is 79.9. The standard InChI is InChI=1S/C11H12BrFO4/c1-11(2,10(16)17)4-5-6(12)3-7(13)9(15)8(5)14/h3,14-15H,4H2,1-2H3,(H,16,17). The van der Waals surface area contributed by atoms with Crippen LogP contribution in [0, 0.1) is 11.2 Å². The van der Waals surface area contributed by atoms with Crippen molar-refractivity contribution in [3.05, 3.63) is 21.9 Å². The average Bonchev–Trinajstić information content (AvgIpc) is 2.21. The van der Waals surface area contributed by atoms with Gasteiger partial charge in [0.15, 0.2) is 17.3 Å². The highest BCUT2D eigenvalue weighted by Crippen LogP contribution is 2.40. The summed E-state index contributed by atoms with van der Waals surface area (Å²) in [5.74, 6) is -3.52. The number of benzene rings is 1. The quantitative estimate of drug-likeness (QED) is 0.750. The van der Waals surface area contributed by atoms with Gasteiger partial charge in [0.25, 0.3) is 0 Å². The van der Waals surface area contributed by atoms with Gasteiger partial charge in [-0.15, -0.1) is 0 Å². The second-order valence-corrected chi connectivity index (χ2v) is 5.24. The molecule has 0 heterocycles. The van der Waals surface area contributed by atoms with Gasteiger partial charge in [0, 0.05) is 10.0 Å². The van der Waals surface area contributed by atoms with Gasteiger partial charge >= 0.3 is 5.97 Å². The van der Waals surface area contributed by atoms with E-state index in [1.165, 1.54) is 13.8 Å². The number of phenols is 2. The average molecular weight is 307 g/mol. The molecule has 0 fully saturated rings. The lowest BCUT2D eigenvalue weighted by atomic mass is 9.85. The molecular formula is C11H12BrFO4. The SMILES string of the molecule is CC(C)(Cc1c(Br)cc(F)c(O)c1O)C(=O)O. The number of hydrogen-bond donors (Lipinski definition) is 3. The first-order chi connectivity index (χ1) is 7.66. The summed E-state index contributed by atoms with van der Waals surface area (Å²) in [5, 5.41) is 27.8. The molecule has 0 bridgehead atoms. The van der Waals surface area contributed by atoms with Gasteiger partial charge in [-0.1, -0.05) is 15.9 Å². The first kappa shape index (κ1) is 13.8. The van der Waals surface area contributed by atoms with Crippen molar-refractivity contribution < 1.29 is 24.5 Å². The molecule has 6 heteroatoms. The van der Waals surface area contributed by atoms with Crippen molar-refractivity contribution in [2.45, 2.75) is 20.3 Å². The molecule has 0 radical (unpaired) electrons. The second kappa shape index (κ2) is 4.52. The summed E-state index contributed by atoms with van der Waals surface area (Å²) < 4.78 is 13.3. The summed E-state index contributed by atoms with van der Waals surface area (Å²) >= 11 is 3.03. The third kappa shape index (κ3) is 2.69. The Morgan fingerprint density at radius 1 is 1.41 bits per heavy atom. The van der Waals surface area contributed by atoms with Gasteiger partial charge in [-0.25, -0.2) is 4.39 Å². The van der Waals surface area contributed by atoms with Crippen molar-refractivity contribution in [3.8, 4) is 11.5 Å². The van der Waals surface area contributed by atoms with Gasteiger partial charge in [0.2, 0.25) is 0 Å². The smallest absolute Gasteiger partial charge is 0.309 e. The maximum absolute atomic E-state index is 13.1. The monoisotopic (exact) mass is 306 g/mol. The van der Waals surface area contributed by atoms with Crippen LogP contribution in [0.5, 0.6) is 11.5 Å². The van der Waals surface area contributed by atoms with Crippen molar-refractivity contribution in [2.75, 3.05) is 0 Å². The van der Waals surface area contributed by atoms with Crippen LogP contribution in [0.2, 0.25) is 0 Å². The van der Waals surface area contributed by atoms with Gasteiger partial charge in [-0.05, 0) is 26.3 Å². The maximum Gasteiger partial charge on any atom is 0.309 e. The fraction of sp³-hybridized carbons (Fsp3) is 0.364. The number of aromatic hydroxyl groups is 2. The van der Waals surface area contributed by atoms with E-state index >= 15 is 0 Å². The maximum atomic E-state index is 13.1. The fourth-order valence-corrected chi connectivity index (χ4v) is 1.85. The van der Waals surface area contributed by atoms with Gasteiger partial charge in [-0.3, -0.25) is 4.79 Å². The summed E-state index contributed by atoms with van der Waals surface area (Å²) in [5.41, 5.74) is -0.971. The lowest BCUT2D eigenvalue weighted by Crippen LogP contribution is -2.26. The summed E-state index contributed by atoms with van der Waals surface area (Å²) in [6.45, 7) is 2.95. The number of halogens is 2. The lowest BCUT2D eigenvalue weighted by Gasteiger charge is -2.20. The molecule has 4 nitrogen and oxygen atoms in total. The number of aliphatic carboxylic acids is 1. The molecule has 0 aliphatic carbocycles. The first-order valence-corrected chi connectivity index (χ1v) is 5.58. The molecule has 3 N–H and O–H groups in total. The number of carbonyl (C=O) groups is 1. The second-order valence-electron chi connectivity index (χ2n) is 4.38. The predicted octanol–water partition coefficient (Wildman–Crippen LogP) is 2.65. The van der Waals surface area contributed by atoms with Crippen molar-refractivity contribution in [3.63, 3.8) is 0 Å². The largest absolute Gasteiger partial charge is 0.504 e. The molecule has 0 amide bonds. The molecule has 1 aromatic rings. The van der Waals surface area contributed by atoms with Gasteiger partial charge < -0.3 is 15.3 Å². The van der Waals surface area contributed by atoms with Gasteiger partial charge in [0.05, 0.1) is 5.41 Å². The Hall–Kier alpha value is -1.30. The van der Waals surface area contributed by atoms with E-state index in [0.29, 0.717) is 0 Å². The zero-order chi connectivity index (χ0) is 13.4. The summed E-state index contributed by atoms with van der Waals surface area (Å²) in [6.07, 6.45) is -0.0391. The van der Waals surface area contributed by atoms with Crippen molar-refractivity contribution in [1.82, 2.24) is 0 Å². The third-order valence-corrected chi connectivity index (χ3v) is 3.18. The number of hydrogen-bond acceptors (Lipinski definition) is 3. The fourth-order valence-electron chi connectivity index (χ4n) is 1.32. The molecule has 0 aliphatic heterocycles. The van der Waals surface area contributed by atoms with E-state index in [-0.39, 0.29) is 16.5 Å². The van der Waals surface area contributed by atoms with Gasteiger partial charge in [0.1, 0.15) is 0 Å². The van der Waals surface area contributed by atoms with Crippen LogP contribution in [0.15, 0.2) is 10.5 Å². The molecule has 0 unspecified atom stereocenters. The summed E-state index contributed by atoms with van der Waals surface area (Å²) in [6, 6.07) is 0.988. The van der Waals surface area contributed by atoms with Crippen LogP contribution in [-0.2, 0) is 11.2 Å². The molecule has 0 atom stereocenters. The van der Waals surface area contributed by atoms with Gasteiger partial charge in [-0.2, -0.15) is 0 Å². The van der Waals surface area contributed by atoms with Crippen LogP contribution >= 0.6 is 15.9 Å². The van der Waals surface area contributed by atoms with E-state index in [0.717, 1.165) is 6.07 Å². The Balaban J connectivity index is 3.25. The first-order valence-electron chi connectivity index (χ1n) is 4.79. The Morgan fingerprint density at radius 3 is 2.41 bits per heavy atom. The molecule has 1 aromatic carbocycles. The minimum absolute atomic E-state index is 0.0391. The zero-order valence-electron chi connectivity index (χ0n) is 9.29. The minimum atomic E-state index is -1.13. The van der Waals surface area contributed by atoms with Crippen LogP contribution in [0.3, 0.4) is 0 Å². The number of carboxylic acid groups (broad SMARTS) is 1. The van der Waals surface area contributed by atoms with Crippen LogP contribution in [-0.4, -0.2) is 21.3 Å². The molecule has 0 spiro atoms. The highest BCUT2D eigenvalue weighted by Gasteiger charge is 2.30. The Kier molecular flexibility index (Phi) is 3.66. The van der Waals surface area contributed by atoms with Crippen molar-refractivity contribution in [1.29, 1.82) is 0 Å². The number of rotatable bonds is 3. The number of phenolic OH excluding ortho intramolecular Hbond substituents is 2. The van der Waals surface area contributed by atoms with E-state index in [1.807, 2.05) is 0 Å². The lowest BCUT2D eigenvalue weighted by molar-refractivity contribution is -0.146. The van der Waals surface area contributed by atoms with E-state index in [9.17, 15) is 19.4 Å². The highest BCUT2D eigenvalue weighted by molar-refractivity contribution is 9.10. The van der Waals surface area contributed by atoms with Crippen LogP contribution in [0.4, 0.5) is 4.39 Å². The van der Waals surface area contributed by atoms with Crippen LogP contribution < -0.4 is 0 Å². The predicted molar refractivity (Wildman–Crippen MR) is 62.6 cm³/mol. The molecule has 0 saturated carbocycles. The van der Waals surface area contributed by atoms with Crippen molar-refractivity contribution >= 4 is 21.9 Å². The normalized spacial score (nSPS) is 11.5. The Labute approximate surface area is 106 Å². The summed E-state index contributed by atoms with van der Waals surface area (Å²) in [4.78, 5) is 11.0. The van der Waals surface area contributed by atoms with Crippen molar-refractivity contribution in [2.24, 2.45) is 5.41 Å². The number of carboxylic acids is 1. The molecule has 0 aromatic heterocycles. The molecule has 17 heavy (non-hydrogen) atoms. The zero-order valence-corrected chi connectivity index (χ0v) is 10.9. The molecular weight excluding hydrogens is 295 g/mol. The minimum Gasteiger partial charge on any atom is -0.504 e. The molecule has 94 valence electrons. The van der Waals surface area contributed by atoms with Crippen LogP contribution in [0.25, 0.3) is 0 Å². The van der Waals surface area contributed by atoms with E-state index < -0.39 is 28.7 Å². The Morgan fingerprint density at radius 2 is 1.94 bits per heavy atom. The van der Waals surface area contributed by atoms with E-state index in [1.54, 1.807) is 0 Å². The molecule has 1 rings (SSSR count). The molecule has 0 saturated heterocycles. The summed E-state index contributed by atoms with van der Waals surface area (Å²) in [7, 11) is 0. The van der Waals surface area contributed by atoms with E-state index in [4.69, 9.17) is 5.11 Å². The Bertz CT molecular complexity index is 471.